The molecule has 0 saturated carbocycles. The average Bonchev–Trinajstić information content (AvgIpc) is 2.52. The van der Waals surface area contributed by atoms with Crippen LogP contribution in [0.25, 0.3) is 0 Å². The van der Waals surface area contributed by atoms with Crippen LogP contribution in [0.4, 0.5) is 4.39 Å². The summed E-state index contributed by atoms with van der Waals surface area (Å²) >= 11 is 0. The van der Waals surface area contributed by atoms with Crippen LogP contribution in [0.15, 0.2) is 18.2 Å². The zero-order valence-corrected chi connectivity index (χ0v) is 13.5. The molecule has 1 aromatic rings. The maximum atomic E-state index is 14.2. The summed E-state index contributed by atoms with van der Waals surface area (Å²) in [6, 6.07) is 5.03. The van der Waals surface area contributed by atoms with Gasteiger partial charge in [0.2, 0.25) is 0 Å². The normalized spacial score (nSPS) is 21.7. The van der Waals surface area contributed by atoms with E-state index in [1.165, 1.54) is 7.11 Å². The van der Waals surface area contributed by atoms with Crippen molar-refractivity contribution in [1.82, 2.24) is 4.90 Å². The highest BCUT2D eigenvalue weighted by Gasteiger charge is 2.36. The Balaban J connectivity index is 2.15. The van der Waals surface area contributed by atoms with Crippen molar-refractivity contribution in [2.75, 3.05) is 26.0 Å². The van der Waals surface area contributed by atoms with Crippen LogP contribution in [0.2, 0.25) is 0 Å². The molecular formula is C15H22FNO3S. The monoisotopic (exact) mass is 315 g/mol. The maximum Gasteiger partial charge on any atom is 0.169 e. The first kappa shape index (κ1) is 16.2. The van der Waals surface area contributed by atoms with E-state index in [-0.39, 0.29) is 17.3 Å². The van der Waals surface area contributed by atoms with Gasteiger partial charge in [-0.3, -0.25) is 4.90 Å². The Morgan fingerprint density at radius 2 is 2.05 bits per heavy atom. The molecule has 0 aromatic heterocycles. The quantitative estimate of drug-likeness (QED) is 0.858. The molecule has 2 rings (SSSR count). The second kappa shape index (κ2) is 5.93. The van der Waals surface area contributed by atoms with E-state index in [1.807, 2.05) is 4.90 Å². The summed E-state index contributed by atoms with van der Waals surface area (Å²) in [5, 5.41) is 0. The Labute approximate surface area is 125 Å². The zero-order chi connectivity index (χ0) is 15.7. The lowest BCUT2D eigenvalue weighted by atomic mass is 10.1. The van der Waals surface area contributed by atoms with Crippen LogP contribution >= 0.6 is 0 Å². The van der Waals surface area contributed by atoms with Gasteiger partial charge in [0.05, 0.1) is 17.6 Å². The van der Waals surface area contributed by atoms with Gasteiger partial charge in [0.15, 0.2) is 21.4 Å². The van der Waals surface area contributed by atoms with Crippen molar-refractivity contribution in [3.63, 3.8) is 0 Å². The van der Waals surface area contributed by atoms with Crippen LogP contribution in [0, 0.1) is 5.82 Å². The molecule has 1 saturated heterocycles. The molecule has 21 heavy (non-hydrogen) atoms. The third-order valence-corrected chi connectivity index (χ3v) is 6.81. The molecule has 0 radical (unpaired) electrons. The molecule has 0 amide bonds. The number of hydrogen-bond donors (Lipinski definition) is 0. The van der Waals surface area contributed by atoms with Gasteiger partial charge in [-0.15, -0.1) is 0 Å². The molecule has 1 fully saturated rings. The number of methoxy groups -OCH3 is 1. The van der Waals surface area contributed by atoms with E-state index >= 15 is 0 Å². The summed E-state index contributed by atoms with van der Waals surface area (Å²) in [6.07, 6.45) is 0.556. The van der Waals surface area contributed by atoms with Crippen molar-refractivity contribution < 1.29 is 17.5 Å². The van der Waals surface area contributed by atoms with Gasteiger partial charge in [-0.05, 0) is 26.3 Å². The molecule has 1 heterocycles. The number of halogens is 1. The molecule has 1 aliphatic rings. The molecule has 0 bridgehead atoms. The van der Waals surface area contributed by atoms with Gasteiger partial charge in [0.1, 0.15) is 0 Å². The van der Waals surface area contributed by atoms with Crippen LogP contribution in [0.3, 0.4) is 0 Å². The third kappa shape index (κ3) is 3.37. The summed E-state index contributed by atoms with van der Waals surface area (Å²) in [6.45, 7) is 5.00. The Hall–Kier alpha value is -1.14. The lowest BCUT2D eigenvalue weighted by Crippen LogP contribution is -2.33. The van der Waals surface area contributed by atoms with Crippen LogP contribution in [-0.2, 0) is 16.4 Å². The number of hydrogen-bond acceptors (Lipinski definition) is 4. The third-order valence-electron chi connectivity index (χ3n) is 4.21. The SMILES string of the molecule is COc1cccc(CN2CCC(C)(C)S(=O)(=O)CC2)c1F. The van der Waals surface area contributed by atoms with E-state index in [1.54, 1.807) is 32.0 Å². The topological polar surface area (TPSA) is 46.6 Å². The van der Waals surface area contributed by atoms with Crippen molar-refractivity contribution in [3.8, 4) is 5.75 Å². The van der Waals surface area contributed by atoms with Crippen molar-refractivity contribution in [1.29, 1.82) is 0 Å². The molecule has 1 aromatic carbocycles. The van der Waals surface area contributed by atoms with Crippen molar-refractivity contribution >= 4 is 9.84 Å². The minimum Gasteiger partial charge on any atom is -0.494 e. The molecule has 0 N–H and O–H groups in total. The Morgan fingerprint density at radius 3 is 2.71 bits per heavy atom. The lowest BCUT2D eigenvalue weighted by Gasteiger charge is -2.22. The van der Waals surface area contributed by atoms with E-state index in [2.05, 4.69) is 0 Å². The smallest absolute Gasteiger partial charge is 0.169 e. The summed E-state index contributed by atoms with van der Waals surface area (Å²) < 4.78 is 42.8. The molecule has 0 unspecified atom stereocenters. The number of ether oxygens (including phenoxy) is 1. The van der Waals surface area contributed by atoms with E-state index in [4.69, 9.17) is 4.74 Å². The Kier molecular flexibility index (Phi) is 4.58. The van der Waals surface area contributed by atoms with Gasteiger partial charge in [-0.25, -0.2) is 12.8 Å². The fourth-order valence-corrected chi connectivity index (χ4v) is 3.91. The van der Waals surface area contributed by atoms with Crippen molar-refractivity contribution in [3.05, 3.63) is 29.6 Å². The molecule has 0 spiro atoms. The standard InChI is InChI=1S/C15H22FNO3S/c1-15(2)7-8-17(9-10-21(15,18)19)11-12-5-4-6-13(20-3)14(12)16/h4-6H,7-11H2,1-3H3. The van der Waals surface area contributed by atoms with Gasteiger partial charge in [0.25, 0.3) is 0 Å². The second-order valence-corrected chi connectivity index (χ2v) is 8.78. The molecule has 4 nitrogen and oxygen atoms in total. The predicted octanol–water partition coefficient (Wildman–Crippen LogP) is 2.23. The highest BCUT2D eigenvalue weighted by molar-refractivity contribution is 7.92. The minimum absolute atomic E-state index is 0.117. The van der Waals surface area contributed by atoms with Crippen LogP contribution in [0.1, 0.15) is 25.8 Å². The Morgan fingerprint density at radius 1 is 1.33 bits per heavy atom. The molecule has 6 heteroatoms. The van der Waals surface area contributed by atoms with E-state index in [9.17, 15) is 12.8 Å². The first-order valence-electron chi connectivity index (χ1n) is 7.03. The fourth-order valence-electron chi connectivity index (χ4n) is 2.46. The second-order valence-electron chi connectivity index (χ2n) is 6.04. The summed E-state index contributed by atoms with van der Waals surface area (Å²) in [5.74, 6) is -0.0346. The number of benzene rings is 1. The van der Waals surface area contributed by atoms with Gasteiger partial charge in [0, 0.05) is 25.2 Å². The molecule has 118 valence electrons. The van der Waals surface area contributed by atoms with Gasteiger partial charge in [-0.2, -0.15) is 0 Å². The summed E-state index contributed by atoms with van der Waals surface area (Å²) in [4.78, 5) is 1.99. The van der Waals surface area contributed by atoms with E-state index < -0.39 is 14.6 Å². The van der Waals surface area contributed by atoms with E-state index in [0.29, 0.717) is 31.6 Å². The lowest BCUT2D eigenvalue weighted by molar-refractivity contribution is 0.270. The minimum atomic E-state index is -3.11. The molecular weight excluding hydrogens is 293 g/mol. The highest BCUT2D eigenvalue weighted by Crippen LogP contribution is 2.27. The molecule has 0 aliphatic carbocycles. The van der Waals surface area contributed by atoms with E-state index in [0.717, 1.165) is 0 Å². The molecule has 1 aliphatic heterocycles. The van der Waals surface area contributed by atoms with Crippen LogP contribution in [-0.4, -0.2) is 44.0 Å². The zero-order valence-electron chi connectivity index (χ0n) is 12.7. The first-order chi connectivity index (χ1) is 9.77. The maximum absolute atomic E-state index is 14.2. The van der Waals surface area contributed by atoms with Crippen LogP contribution in [0.5, 0.6) is 5.75 Å². The fraction of sp³-hybridized carbons (Fsp3) is 0.600. The van der Waals surface area contributed by atoms with Gasteiger partial charge in [-0.1, -0.05) is 12.1 Å². The molecule has 0 atom stereocenters. The van der Waals surface area contributed by atoms with Crippen molar-refractivity contribution in [2.24, 2.45) is 0 Å². The highest BCUT2D eigenvalue weighted by atomic mass is 32.2. The van der Waals surface area contributed by atoms with Gasteiger partial charge >= 0.3 is 0 Å². The Bertz CT molecular complexity index is 613. The number of nitrogens with zero attached hydrogens (tertiary/aromatic N) is 1. The first-order valence-corrected chi connectivity index (χ1v) is 8.68. The summed E-state index contributed by atoms with van der Waals surface area (Å²) in [5.41, 5.74) is 0.534. The average molecular weight is 315 g/mol. The number of rotatable bonds is 3. The van der Waals surface area contributed by atoms with Crippen LogP contribution < -0.4 is 4.74 Å². The predicted molar refractivity (Wildman–Crippen MR) is 80.7 cm³/mol. The van der Waals surface area contributed by atoms with Gasteiger partial charge < -0.3 is 4.74 Å². The van der Waals surface area contributed by atoms with Crippen molar-refractivity contribution in [2.45, 2.75) is 31.6 Å². The summed E-state index contributed by atoms with van der Waals surface area (Å²) in [7, 11) is -1.67. The largest absolute Gasteiger partial charge is 0.494 e. The number of sulfone groups is 1.